The van der Waals surface area contributed by atoms with E-state index >= 15 is 0 Å². The van der Waals surface area contributed by atoms with Gasteiger partial charge >= 0.3 is 39.5 Å². The van der Waals surface area contributed by atoms with Gasteiger partial charge in [-0.1, -0.05) is 343 Å². The zero-order valence-electron chi connectivity index (χ0n) is 62.0. The van der Waals surface area contributed by atoms with E-state index in [1.807, 2.05) is 0 Å². The van der Waals surface area contributed by atoms with E-state index in [-0.39, 0.29) is 25.7 Å². The molecule has 95 heavy (non-hydrogen) atoms. The van der Waals surface area contributed by atoms with E-state index in [2.05, 4.69) is 41.5 Å². The molecule has 0 aromatic rings. The Morgan fingerprint density at radius 3 is 0.716 bits per heavy atom. The number of aliphatic hydroxyl groups excluding tert-OH is 1. The average molecular weight is 1400 g/mol. The number of phosphoric ester groups is 2. The molecule has 0 aromatic heterocycles. The first-order valence-electron chi connectivity index (χ1n) is 39.5. The monoisotopic (exact) mass is 1400 g/mol. The van der Waals surface area contributed by atoms with Crippen molar-refractivity contribution in [2.75, 3.05) is 39.6 Å². The molecule has 0 radical (unpaired) electrons. The van der Waals surface area contributed by atoms with Crippen molar-refractivity contribution in [2.24, 2.45) is 11.8 Å². The molecule has 0 fully saturated rings. The Hall–Kier alpha value is -1.94. The Balaban J connectivity index is 5.08. The standard InChI is InChI=1S/C76H148O17P2/c1-7-9-11-13-14-15-16-17-18-19-20-21-22-23-24-29-32-35-38-41-48-54-60-75(80)92-72(65-87-74(79)59-53-47-40-37-34-31-28-26-25-27-30-33-36-39-45-50-56-68(3)4)67-91-95(84,85)89-63-70(77)62-88-94(82,83)90-66-71(64-86-73(78)58-52-44-12-10-8-2)93-76(81)61-55-49-43-42-46-51-57-69(5)6/h68-72,77H,7-67H2,1-6H3,(H,82,83)(H,84,85)/t70-,71+,72+/m0/s1. The molecular weight excluding hydrogens is 1250 g/mol. The van der Waals surface area contributed by atoms with Crippen molar-refractivity contribution in [1.29, 1.82) is 0 Å². The summed E-state index contributed by atoms with van der Waals surface area (Å²) in [6, 6.07) is 0. The smallest absolute Gasteiger partial charge is 0.462 e. The van der Waals surface area contributed by atoms with Gasteiger partial charge in [0.1, 0.15) is 19.3 Å². The summed E-state index contributed by atoms with van der Waals surface area (Å²) in [7, 11) is -9.90. The molecule has 0 aliphatic carbocycles. The normalized spacial score (nSPS) is 14.0. The highest BCUT2D eigenvalue weighted by molar-refractivity contribution is 7.47. The average Bonchev–Trinajstić information content (AvgIpc) is 2.35. The Bertz CT molecular complexity index is 1840. The summed E-state index contributed by atoms with van der Waals surface area (Å²) >= 11 is 0. The Kier molecular flexibility index (Phi) is 66.5. The molecule has 0 heterocycles. The van der Waals surface area contributed by atoms with Crippen LogP contribution in [0.1, 0.15) is 395 Å². The molecule has 0 saturated heterocycles. The van der Waals surface area contributed by atoms with Gasteiger partial charge in [0.2, 0.25) is 0 Å². The van der Waals surface area contributed by atoms with Crippen LogP contribution in [0.15, 0.2) is 0 Å². The number of hydrogen-bond donors (Lipinski definition) is 3. The topological polar surface area (TPSA) is 237 Å². The summed E-state index contributed by atoms with van der Waals surface area (Å²) in [6.45, 7) is 9.43. The number of carbonyl (C=O) groups excluding carboxylic acids is 4. The fraction of sp³-hybridized carbons (Fsp3) is 0.947. The van der Waals surface area contributed by atoms with E-state index < -0.39 is 97.5 Å². The van der Waals surface area contributed by atoms with Crippen molar-refractivity contribution in [2.45, 2.75) is 413 Å². The number of aliphatic hydroxyl groups is 1. The summed E-state index contributed by atoms with van der Waals surface area (Å²) < 4.78 is 68.2. The number of carbonyl (C=O) groups is 4. The molecule has 2 unspecified atom stereocenters. The molecule has 0 bridgehead atoms. The van der Waals surface area contributed by atoms with Crippen LogP contribution in [0.25, 0.3) is 0 Å². The molecule has 3 N–H and O–H groups in total. The van der Waals surface area contributed by atoms with Crippen molar-refractivity contribution in [3.63, 3.8) is 0 Å². The van der Waals surface area contributed by atoms with Gasteiger partial charge < -0.3 is 33.8 Å². The maximum Gasteiger partial charge on any atom is 0.472 e. The maximum atomic E-state index is 13.1. The second-order valence-corrected chi connectivity index (χ2v) is 31.3. The highest BCUT2D eigenvalue weighted by Gasteiger charge is 2.30. The number of ether oxygens (including phenoxy) is 4. The van der Waals surface area contributed by atoms with Crippen LogP contribution in [0, 0.1) is 11.8 Å². The highest BCUT2D eigenvalue weighted by Crippen LogP contribution is 2.45. The van der Waals surface area contributed by atoms with E-state index in [4.69, 9.17) is 37.0 Å². The molecule has 0 rings (SSSR count). The SMILES string of the molecule is CCCCCCCCCCCCCCCCCCCCCCCCC(=O)O[C@H](COC(=O)CCCCCCCCCCCCCCCCCCC(C)C)COP(=O)(O)OC[C@@H](O)COP(=O)(O)OC[C@@H](COC(=O)CCCCCCC)OC(=O)CCCCCCCCC(C)C. The molecule has 0 amide bonds. The largest absolute Gasteiger partial charge is 0.472 e. The molecule has 19 heteroatoms. The fourth-order valence-electron chi connectivity index (χ4n) is 11.7. The number of hydrogen-bond acceptors (Lipinski definition) is 15. The summed E-state index contributed by atoms with van der Waals surface area (Å²) in [5.74, 6) is -0.652. The summed E-state index contributed by atoms with van der Waals surface area (Å²) in [4.78, 5) is 72.4. The molecule has 0 aliphatic heterocycles. The van der Waals surface area contributed by atoms with Gasteiger partial charge in [0.15, 0.2) is 12.2 Å². The van der Waals surface area contributed by atoms with Crippen LogP contribution in [0.2, 0.25) is 0 Å². The van der Waals surface area contributed by atoms with E-state index in [1.54, 1.807) is 0 Å². The maximum absolute atomic E-state index is 13.1. The van der Waals surface area contributed by atoms with Crippen molar-refractivity contribution >= 4 is 39.5 Å². The van der Waals surface area contributed by atoms with Crippen LogP contribution in [-0.4, -0.2) is 96.7 Å². The minimum atomic E-state index is -4.95. The van der Waals surface area contributed by atoms with Gasteiger partial charge in [-0.3, -0.25) is 37.3 Å². The minimum absolute atomic E-state index is 0.101. The van der Waals surface area contributed by atoms with Gasteiger partial charge in [-0.25, -0.2) is 9.13 Å². The second kappa shape index (κ2) is 67.9. The van der Waals surface area contributed by atoms with Crippen LogP contribution in [-0.2, 0) is 65.4 Å². The molecule has 0 spiro atoms. The number of rotatable bonds is 75. The molecular formula is C76H148O17P2. The lowest BCUT2D eigenvalue weighted by Gasteiger charge is -2.21. The quantitative estimate of drug-likeness (QED) is 0.0222. The van der Waals surface area contributed by atoms with E-state index in [0.29, 0.717) is 31.6 Å². The fourth-order valence-corrected chi connectivity index (χ4v) is 13.2. The third-order valence-corrected chi connectivity index (χ3v) is 19.6. The first kappa shape index (κ1) is 93.1. The van der Waals surface area contributed by atoms with Crippen molar-refractivity contribution in [1.82, 2.24) is 0 Å². The third kappa shape index (κ3) is 70.3. The zero-order chi connectivity index (χ0) is 70.0. The Labute approximate surface area is 581 Å². The first-order chi connectivity index (χ1) is 45.9. The van der Waals surface area contributed by atoms with Gasteiger partial charge in [-0.15, -0.1) is 0 Å². The van der Waals surface area contributed by atoms with Gasteiger partial charge in [0.25, 0.3) is 0 Å². The Morgan fingerprint density at radius 2 is 0.484 bits per heavy atom. The first-order valence-corrected chi connectivity index (χ1v) is 42.5. The third-order valence-electron chi connectivity index (χ3n) is 17.7. The number of esters is 4. The second-order valence-electron chi connectivity index (χ2n) is 28.3. The van der Waals surface area contributed by atoms with E-state index in [9.17, 15) is 43.2 Å². The van der Waals surface area contributed by atoms with E-state index in [1.165, 1.54) is 205 Å². The molecule has 5 atom stereocenters. The van der Waals surface area contributed by atoms with Crippen molar-refractivity contribution in [3.8, 4) is 0 Å². The lowest BCUT2D eigenvalue weighted by molar-refractivity contribution is -0.161. The molecule has 17 nitrogen and oxygen atoms in total. The molecule has 0 aromatic carbocycles. The predicted octanol–water partition coefficient (Wildman–Crippen LogP) is 22.3. The summed E-state index contributed by atoms with van der Waals surface area (Å²) in [6.07, 6.45) is 56.4. The van der Waals surface area contributed by atoms with Gasteiger partial charge in [0, 0.05) is 25.7 Å². The van der Waals surface area contributed by atoms with Gasteiger partial charge in [-0.2, -0.15) is 0 Å². The highest BCUT2D eigenvalue weighted by atomic mass is 31.2. The van der Waals surface area contributed by atoms with Crippen molar-refractivity contribution < 1.29 is 80.2 Å². The minimum Gasteiger partial charge on any atom is -0.462 e. The van der Waals surface area contributed by atoms with Crippen LogP contribution in [0.5, 0.6) is 0 Å². The van der Waals surface area contributed by atoms with Gasteiger partial charge in [0.05, 0.1) is 26.4 Å². The van der Waals surface area contributed by atoms with E-state index in [0.717, 1.165) is 102 Å². The molecule has 0 saturated carbocycles. The number of unbranched alkanes of at least 4 members (excludes halogenated alkanes) is 45. The summed E-state index contributed by atoms with van der Waals surface area (Å²) in [5.41, 5.74) is 0. The zero-order valence-corrected chi connectivity index (χ0v) is 63.8. The predicted molar refractivity (Wildman–Crippen MR) is 386 cm³/mol. The molecule has 0 aliphatic rings. The number of phosphoric acid groups is 2. The van der Waals surface area contributed by atoms with Gasteiger partial charge in [-0.05, 0) is 37.5 Å². The summed E-state index contributed by atoms with van der Waals surface area (Å²) in [5, 5.41) is 10.6. The Morgan fingerprint density at radius 1 is 0.284 bits per heavy atom. The lowest BCUT2D eigenvalue weighted by Crippen LogP contribution is -2.30. The van der Waals surface area contributed by atoms with Crippen LogP contribution < -0.4 is 0 Å². The van der Waals surface area contributed by atoms with Crippen LogP contribution in [0.3, 0.4) is 0 Å². The molecule has 564 valence electrons. The lowest BCUT2D eigenvalue weighted by atomic mass is 10.0. The van der Waals surface area contributed by atoms with Crippen molar-refractivity contribution in [3.05, 3.63) is 0 Å². The van der Waals surface area contributed by atoms with Crippen LogP contribution in [0.4, 0.5) is 0 Å². The van der Waals surface area contributed by atoms with Crippen LogP contribution >= 0.6 is 15.6 Å².